The lowest BCUT2D eigenvalue weighted by atomic mass is 9.99. The van der Waals surface area contributed by atoms with Crippen molar-refractivity contribution in [1.82, 2.24) is 4.98 Å². The molecule has 1 heterocycles. The van der Waals surface area contributed by atoms with E-state index in [-0.39, 0.29) is 5.56 Å². The van der Waals surface area contributed by atoms with Crippen molar-refractivity contribution in [1.29, 1.82) is 5.26 Å². The van der Waals surface area contributed by atoms with Gasteiger partial charge in [-0.15, -0.1) is 0 Å². The van der Waals surface area contributed by atoms with Crippen molar-refractivity contribution < 1.29 is 0 Å². The van der Waals surface area contributed by atoms with Gasteiger partial charge in [-0.25, -0.2) is 0 Å². The van der Waals surface area contributed by atoms with Gasteiger partial charge in [0.1, 0.15) is 11.6 Å². The lowest BCUT2D eigenvalue weighted by molar-refractivity contribution is 1.22. The zero-order valence-electron chi connectivity index (χ0n) is 12.1. The van der Waals surface area contributed by atoms with E-state index < -0.39 is 5.56 Å². The van der Waals surface area contributed by atoms with Gasteiger partial charge < -0.3 is 4.98 Å². The highest BCUT2D eigenvalue weighted by molar-refractivity contribution is 6.42. The third-order valence-corrected chi connectivity index (χ3v) is 4.52. The van der Waals surface area contributed by atoms with Gasteiger partial charge in [0.2, 0.25) is 0 Å². The smallest absolute Gasteiger partial charge is 0.266 e. The molecule has 3 rings (SSSR count). The Morgan fingerprint density at radius 2 is 1.54 bits per heavy atom. The number of nitrogens with zero attached hydrogens (tertiary/aromatic N) is 1. The highest BCUT2D eigenvalue weighted by Crippen LogP contribution is 2.31. The van der Waals surface area contributed by atoms with Crippen LogP contribution in [0.25, 0.3) is 22.4 Å². The van der Waals surface area contributed by atoms with Gasteiger partial charge in [0.15, 0.2) is 0 Å². The van der Waals surface area contributed by atoms with Gasteiger partial charge in [-0.2, -0.15) is 5.26 Å². The molecular formula is C18H9Cl3N2O. The van der Waals surface area contributed by atoms with E-state index >= 15 is 0 Å². The van der Waals surface area contributed by atoms with Crippen LogP contribution in [0, 0.1) is 11.3 Å². The lowest BCUT2D eigenvalue weighted by Crippen LogP contribution is -2.12. The van der Waals surface area contributed by atoms with Crippen molar-refractivity contribution in [3.05, 3.63) is 79.5 Å². The lowest BCUT2D eigenvalue weighted by Gasteiger charge is -2.09. The minimum absolute atomic E-state index is 0.0195. The number of H-pyrrole nitrogens is 1. The first-order valence-corrected chi connectivity index (χ1v) is 8.02. The predicted molar refractivity (Wildman–Crippen MR) is 97.7 cm³/mol. The average molecular weight is 376 g/mol. The normalized spacial score (nSPS) is 10.4. The number of hydrogen-bond donors (Lipinski definition) is 1. The number of pyridine rings is 1. The van der Waals surface area contributed by atoms with Gasteiger partial charge >= 0.3 is 0 Å². The van der Waals surface area contributed by atoms with Gasteiger partial charge in [0, 0.05) is 16.3 Å². The Morgan fingerprint density at radius 3 is 2.17 bits per heavy atom. The highest BCUT2D eigenvalue weighted by atomic mass is 35.5. The summed E-state index contributed by atoms with van der Waals surface area (Å²) in [5, 5.41) is 10.7. The van der Waals surface area contributed by atoms with Crippen LogP contribution in [-0.2, 0) is 0 Å². The topological polar surface area (TPSA) is 56.6 Å². The maximum absolute atomic E-state index is 12.3. The van der Waals surface area contributed by atoms with Crippen LogP contribution in [0.4, 0.5) is 0 Å². The monoisotopic (exact) mass is 374 g/mol. The van der Waals surface area contributed by atoms with E-state index in [0.717, 1.165) is 5.56 Å². The molecule has 0 bridgehead atoms. The molecule has 24 heavy (non-hydrogen) atoms. The molecule has 0 saturated heterocycles. The maximum atomic E-state index is 12.3. The quantitative estimate of drug-likeness (QED) is 0.639. The summed E-state index contributed by atoms with van der Waals surface area (Å²) in [6, 6.07) is 15.7. The summed E-state index contributed by atoms with van der Waals surface area (Å²) in [5.74, 6) is 0. The van der Waals surface area contributed by atoms with Gasteiger partial charge in [-0.05, 0) is 41.5 Å². The van der Waals surface area contributed by atoms with Crippen LogP contribution in [0.2, 0.25) is 15.1 Å². The number of nitrogens with one attached hydrogen (secondary N) is 1. The second-order valence-electron chi connectivity index (χ2n) is 5.05. The zero-order chi connectivity index (χ0) is 17.3. The van der Waals surface area contributed by atoms with Gasteiger partial charge in [0.25, 0.3) is 5.56 Å². The molecule has 3 nitrogen and oxygen atoms in total. The molecule has 118 valence electrons. The first-order valence-electron chi connectivity index (χ1n) is 6.88. The number of aromatic amines is 1. The number of halogens is 3. The minimum atomic E-state index is -0.467. The number of nitriles is 1. The van der Waals surface area contributed by atoms with Crippen LogP contribution in [0.5, 0.6) is 0 Å². The van der Waals surface area contributed by atoms with Crippen molar-refractivity contribution in [2.75, 3.05) is 0 Å². The van der Waals surface area contributed by atoms with E-state index in [2.05, 4.69) is 4.98 Å². The van der Waals surface area contributed by atoms with Crippen LogP contribution in [0.1, 0.15) is 5.56 Å². The summed E-state index contributed by atoms with van der Waals surface area (Å²) in [5.41, 5.74) is 2.04. The molecule has 0 radical (unpaired) electrons. The standard InChI is InChI=1S/C18H9Cl3N2O/c19-12-4-1-10(2-5-12)17-8-13(14(9-22)18(24)23-17)11-3-6-15(20)16(21)7-11/h1-8H,(H,23,24). The molecule has 0 atom stereocenters. The Labute approximate surface area is 153 Å². The molecule has 0 aliphatic carbocycles. The molecule has 3 aromatic rings. The molecular weight excluding hydrogens is 367 g/mol. The van der Waals surface area contributed by atoms with Crippen LogP contribution < -0.4 is 5.56 Å². The third-order valence-electron chi connectivity index (χ3n) is 3.53. The Balaban J connectivity index is 2.24. The van der Waals surface area contributed by atoms with E-state index in [1.807, 2.05) is 6.07 Å². The van der Waals surface area contributed by atoms with Crippen LogP contribution in [-0.4, -0.2) is 4.98 Å². The molecule has 0 fully saturated rings. The van der Waals surface area contributed by atoms with Crippen molar-refractivity contribution in [3.63, 3.8) is 0 Å². The van der Waals surface area contributed by atoms with E-state index in [4.69, 9.17) is 34.8 Å². The Bertz CT molecular complexity index is 1020. The van der Waals surface area contributed by atoms with Crippen LogP contribution in [0.3, 0.4) is 0 Å². The molecule has 6 heteroatoms. The number of hydrogen-bond acceptors (Lipinski definition) is 2. The molecule has 0 unspecified atom stereocenters. The van der Waals surface area contributed by atoms with E-state index in [0.29, 0.717) is 31.9 Å². The largest absolute Gasteiger partial charge is 0.321 e. The molecule has 0 aliphatic heterocycles. The fraction of sp³-hybridized carbons (Fsp3) is 0. The number of benzene rings is 2. The predicted octanol–water partition coefficient (Wildman–Crippen LogP) is 5.54. The Kier molecular flexibility index (Phi) is 4.64. The SMILES string of the molecule is N#Cc1c(-c2ccc(Cl)c(Cl)c2)cc(-c2ccc(Cl)cc2)[nH]c1=O. The zero-order valence-corrected chi connectivity index (χ0v) is 14.4. The number of rotatable bonds is 2. The maximum Gasteiger partial charge on any atom is 0.266 e. The summed E-state index contributed by atoms with van der Waals surface area (Å²) in [4.78, 5) is 15.0. The molecule has 1 N–H and O–H groups in total. The molecule has 2 aromatic carbocycles. The fourth-order valence-corrected chi connectivity index (χ4v) is 2.77. The number of aromatic nitrogens is 1. The molecule has 1 aromatic heterocycles. The highest BCUT2D eigenvalue weighted by Gasteiger charge is 2.13. The minimum Gasteiger partial charge on any atom is -0.321 e. The van der Waals surface area contributed by atoms with E-state index in [1.165, 1.54) is 0 Å². The second-order valence-corrected chi connectivity index (χ2v) is 6.30. The van der Waals surface area contributed by atoms with Crippen molar-refractivity contribution in [2.24, 2.45) is 0 Å². The van der Waals surface area contributed by atoms with Crippen LogP contribution in [0.15, 0.2) is 53.3 Å². The van der Waals surface area contributed by atoms with E-state index in [1.54, 1.807) is 48.5 Å². The van der Waals surface area contributed by atoms with E-state index in [9.17, 15) is 10.1 Å². The first kappa shape index (κ1) is 16.6. The summed E-state index contributed by atoms with van der Waals surface area (Å²) in [6.07, 6.45) is 0. The van der Waals surface area contributed by atoms with Crippen molar-refractivity contribution in [3.8, 4) is 28.5 Å². The third kappa shape index (κ3) is 3.18. The molecule has 0 aliphatic rings. The van der Waals surface area contributed by atoms with Crippen LogP contribution >= 0.6 is 34.8 Å². The van der Waals surface area contributed by atoms with Crippen molar-refractivity contribution in [2.45, 2.75) is 0 Å². The first-order chi connectivity index (χ1) is 11.5. The van der Waals surface area contributed by atoms with Gasteiger partial charge in [0.05, 0.1) is 10.0 Å². The summed E-state index contributed by atoms with van der Waals surface area (Å²) >= 11 is 17.9. The average Bonchev–Trinajstić information content (AvgIpc) is 2.57. The van der Waals surface area contributed by atoms with Crippen molar-refractivity contribution >= 4 is 34.8 Å². The van der Waals surface area contributed by atoms with Gasteiger partial charge in [-0.1, -0.05) is 53.0 Å². The summed E-state index contributed by atoms with van der Waals surface area (Å²) < 4.78 is 0. The summed E-state index contributed by atoms with van der Waals surface area (Å²) in [7, 11) is 0. The second kappa shape index (κ2) is 6.70. The summed E-state index contributed by atoms with van der Waals surface area (Å²) in [6.45, 7) is 0. The fourth-order valence-electron chi connectivity index (χ4n) is 2.35. The van der Waals surface area contributed by atoms with Gasteiger partial charge in [-0.3, -0.25) is 4.79 Å². The molecule has 0 amide bonds. The molecule has 0 saturated carbocycles. The Morgan fingerprint density at radius 1 is 0.875 bits per heavy atom. The molecule has 0 spiro atoms. The Hall–Kier alpha value is -2.25.